The molecule has 0 saturated carbocycles. The minimum Gasteiger partial charge on any atom is -0.274 e. The summed E-state index contributed by atoms with van der Waals surface area (Å²) in [5.41, 5.74) is -0.0914. The quantitative estimate of drug-likeness (QED) is 0.681. The van der Waals surface area contributed by atoms with Gasteiger partial charge in [-0.2, -0.15) is 0 Å². The summed E-state index contributed by atoms with van der Waals surface area (Å²) >= 11 is 10.2. The molecule has 1 aromatic heterocycles. The van der Waals surface area contributed by atoms with Gasteiger partial charge < -0.3 is 0 Å². The summed E-state index contributed by atoms with van der Waals surface area (Å²) in [5, 5.41) is -1.51. The van der Waals surface area contributed by atoms with Crippen molar-refractivity contribution in [3.05, 3.63) is 23.8 Å². The fraction of sp³-hybridized carbons (Fsp3) is 0. The minimum atomic E-state index is -0.753. The van der Waals surface area contributed by atoms with Gasteiger partial charge in [0.25, 0.3) is 10.5 Å². The Morgan fingerprint density at radius 3 is 1.83 bits per heavy atom. The molecule has 0 amide bonds. The van der Waals surface area contributed by atoms with Crippen LogP contribution in [0.4, 0.5) is 0 Å². The highest BCUT2D eigenvalue weighted by molar-refractivity contribution is 6.68. The van der Waals surface area contributed by atoms with Gasteiger partial charge in [0.15, 0.2) is 0 Å². The molecule has 0 aliphatic heterocycles. The lowest BCUT2D eigenvalue weighted by Crippen LogP contribution is -2.00. The highest BCUT2D eigenvalue weighted by Crippen LogP contribution is 2.03. The van der Waals surface area contributed by atoms with Crippen LogP contribution >= 0.6 is 23.2 Å². The molecule has 62 valence electrons. The molecular weight excluding hydrogens is 203 g/mol. The van der Waals surface area contributed by atoms with E-state index in [-0.39, 0.29) is 11.4 Å². The summed E-state index contributed by atoms with van der Waals surface area (Å²) < 4.78 is 0. The molecular formula is C6H2Cl2N2O2. The van der Waals surface area contributed by atoms with Crippen molar-refractivity contribution in [3.63, 3.8) is 0 Å². The molecule has 4 nitrogen and oxygen atoms in total. The Hall–Kier alpha value is -1.00. The minimum absolute atomic E-state index is 0.0457. The number of aromatic nitrogens is 2. The number of carbonyl (C=O) groups excluding carboxylic acids is 2. The van der Waals surface area contributed by atoms with E-state index in [9.17, 15) is 9.59 Å². The fourth-order valence-corrected chi connectivity index (χ4v) is 0.779. The average molecular weight is 205 g/mol. The number of hydrogen-bond acceptors (Lipinski definition) is 4. The molecule has 0 atom stereocenters. The molecule has 6 heteroatoms. The first kappa shape index (κ1) is 9.09. The third kappa shape index (κ3) is 1.99. The first-order valence-corrected chi connectivity index (χ1v) is 3.58. The second kappa shape index (κ2) is 3.60. The Morgan fingerprint density at radius 1 is 1.08 bits per heavy atom. The molecule has 0 aromatic carbocycles. The van der Waals surface area contributed by atoms with Gasteiger partial charge in [0.1, 0.15) is 17.7 Å². The number of hydrogen-bond donors (Lipinski definition) is 0. The van der Waals surface area contributed by atoms with E-state index < -0.39 is 10.5 Å². The second-order valence-corrected chi connectivity index (χ2v) is 2.52. The molecule has 1 heterocycles. The predicted molar refractivity (Wildman–Crippen MR) is 42.4 cm³/mol. The molecule has 0 spiro atoms. The van der Waals surface area contributed by atoms with Gasteiger partial charge in [0.05, 0.1) is 0 Å². The predicted octanol–water partition coefficient (Wildman–Crippen LogP) is 1.23. The van der Waals surface area contributed by atoms with Crippen LogP contribution < -0.4 is 0 Å². The van der Waals surface area contributed by atoms with Gasteiger partial charge in [-0.1, -0.05) is 0 Å². The van der Waals surface area contributed by atoms with E-state index >= 15 is 0 Å². The van der Waals surface area contributed by atoms with Gasteiger partial charge in [-0.3, -0.25) is 9.59 Å². The van der Waals surface area contributed by atoms with E-state index in [1.807, 2.05) is 0 Å². The molecule has 0 bridgehead atoms. The highest BCUT2D eigenvalue weighted by Gasteiger charge is 2.08. The number of nitrogens with zero attached hydrogens (tertiary/aromatic N) is 2. The summed E-state index contributed by atoms with van der Waals surface area (Å²) in [6.07, 6.45) is 1.05. The summed E-state index contributed by atoms with van der Waals surface area (Å²) in [5.74, 6) is 0. The maximum atomic E-state index is 10.5. The van der Waals surface area contributed by atoms with Crippen molar-refractivity contribution in [1.82, 2.24) is 9.97 Å². The van der Waals surface area contributed by atoms with Crippen molar-refractivity contribution in [2.75, 3.05) is 0 Å². The van der Waals surface area contributed by atoms with E-state index in [4.69, 9.17) is 23.2 Å². The van der Waals surface area contributed by atoms with E-state index in [0.717, 1.165) is 12.4 Å². The van der Waals surface area contributed by atoms with Crippen LogP contribution in [0.2, 0.25) is 0 Å². The van der Waals surface area contributed by atoms with E-state index in [1.54, 1.807) is 0 Å². The topological polar surface area (TPSA) is 59.9 Å². The summed E-state index contributed by atoms with van der Waals surface area (Å²) in [6, 6.07) is 1.13. The van der Waals surface area contributed by atoms with Gasteiger partial charge in [-0.15, -0.1) is 0 Å². The van der Waals surface area contributed by atoms with Crippen molar-refractivity contribution < 1.29 is 9.59 Å². The summed E-state index contributed by atoms with van der Waals surface area (Å²) in [7, 11) is 0. The zero-order valence-corrected chi connectivity index (χ0v) is 7.13. The molecule has 1 rings (SSSR count). The smallest absolute Gasteiger partial charge is 0.270 e. The highest BCUT2D eigenvalue weighted by atomic mass is 35.5. The van der Waals surface area contributed by atoms with Gasteiger partial charge in [0, 0.05) is 0 Å². The van der Waals surface area contributed by atoms with Crippen LogP contribution in [0.5, 0.6) is 0 Å². The van der Waals surface area contributed by atoms with Crippen LogP contribution in [0.3, 0.4) is 0 Å². The fourth-order valence-electron chi connectivity index (χ4n) is 0.572. The molecule has 0 saturated heterocycles. The molecule has 1 aromatic rings. The SMILES string of the molecule is O=C(Cl)c1cc(C(=O)Cl)ncn1. The van der Waals surface area contributed by atoms with Crippen LogP contribution in [0.15, 0.2) is 12.4 Å². The lowest BCUT2D eigenvalue weighted by molar-refractivity contribution is 0.107. The monoisotopic (exact) mass is 204 g/mol. The van der Waals surface area contributed by atoms with Crippen molar-refractivity contribution in [1.29, 1.82) is 0 Å². The normalized spacial score (nSPS) is 9.50. The third-order valence-corrected chi connectivity index (χ3v) is 1.46. The zero-order valence-electron chi connectivity index (χ0n) is 5.62. The molecule has 0 fully saturated rings. The Labute approximate surface area is 77.5 Å². The molecule has 0 aliphatic rings. The van der Waals surface area contributed by atoms with Crippen LogP contribution in [0.25, 0.3) is 0 Å². The van der Waals surface area contributed by atoms with Gasteiger partial charge in [0.2, 0.25) is 0 Å². The summed E-state index contributed by atoms with van der Waals surface area (Å²) in [6.45, 7) is 0. The van der Waals surface area contributed by atoms with Gasteiger partial charge in [-0.05, 0) is 29.3 Å². The molecule has 0 radical (unpaired) electrons. The zero-order chi connectivity index (χ0) is 9.14. The Kier molecular flexibility index (Phi) is 2.73. The van der Waals surface area contributed by atoms with Crippen molar-refractivity contribution in [3.8, 4) is 0 Å². The standard InChI is InChI=1S/C6H2Cl2N2O2/c7-5(11)3-1-4(6(8)12)10-2-9-3/h1-2H. The van der Waals surface area contributed by atoms with E-state index in [0.29, 0.717) is 0 Å². The van der Waals surface area contributed by atoms with Crippen molar-refractivity contribution in [2.24, 2.45) is 0 Å². The van der Waals surface area contributed by atoms with E-state index in [2.05, 4.69) is 9.97 Å². The van der Waals surface area contributed by atoms with Gasteiger partial charge in [-0.25, -0.2) is 9.97 Å². The summed E-state index contributed by atoms with van der Waals surface area (Å²) in [4.78, 5) is 28.1. The number of carbonyl (C=O) groups is 2. The number of halogens is 2. The first-order chi connectivity index (χ1) is 5.61. The maximum absolute atomic E-state index is 10.5. The maximum Gasteiger partial charge on any atom is 0.270 e. The van der Waals surface area contributed by atoms with Crippen molar-refractivity contribution >= 4 is 33.7 Å². The second-order valence-electron chi connectivity index (χ2n) is 1.84. The molecule has 12 heavy (non-hydrogen) atoms. The van der Waals surface area contributed by atoms with Gasteiger partial charge >= 0.3 is 0 Å². The largest absolute Gasteiger partial charge is 0.274 e. The molecule has 0 aliphatic carbocycles. The third-order valence-electron chi connectivity index (χ3n) is 1.07. The Morgan fingerprint density at radius 2 is 1.50 bits per heavy atom. The van der Waals surface area contributed by atoms with Crippen molar-refractivity contribution in [2.45, 2.75) is 0 Å². The van der Waals surface area contributed by atoms with Crippen LogP contribution in [-0.2, 0) is 0 Å². The van der Waals surface area contributed by atoms with Crippen LogP contribution in [0, 0.1) is 0 Å². The van der Waals surface area contributed by atoms with Crippen LogP contribution in [0.1, 0.15) is 21.0 Å². The van der Waals surface area contributed by atoms with E-state index in [1.165, 1.54) is 0 Å². The average Bonchev–Trinajstić information content (AvgIpc) is 2.04. The Balaban J connectivity index is 3.12. The Bertz CT molecular complexity index is 311. The lowest BCUT2D eigenvalue weighted by Gasteiger charge is -1.93. The first-order valence-electron chi connectivity index (χ1n) is 2.83. The molecule has 0 unspecified atom stereocenters. The van der Waals surface area contributed by atoms with Crippen LogP contribution in [-0.4, -0.2) is 20.5 Å². The lowest BCUT2D eigenvalue weighted by atomic mass is 10.3. The molecule has 0 N–H and O–H groups in total. The number of rotatable bonds is 2.